The minimum atomic E-state index is -3.47. The lowest BCUT2D eigenvalue weighted by atomic mass is 9.79. The van der Waals surface area contributed by atoms with Crippen LogP contribution in [0.25, 0.3) is 0 Å². The summed E-state index contributed by atoms with van der Waals surface area (Å²) >= 11 is 1.32. The fraction of sp³-hybridized carbons (Fsp3) is 0.625. The highest BCUT2D eigenvalue weighted by atomic mass is 32.2. The molecule has 132 valence electrons. The standard InChI is InChI=1S/C16H24BNO4S2/c1-15(2)16(3,4)22-17(21-15)12-5-7-14(8-6-12)24(19,20)18-13-9-10-23-11-13/h5-8,13,18H,9-11H2,1-4H3/p+1. The van der Waals surface area contributed by atoms with Crippen molar-refractivity contribution in [2.24, 2.45) is 0 Å². The number of thiol groups is 1. The summed E-state index contributed by atoms with van der Waals surface area (Å²) in [5.41, 5.74) is 0.00382. The first-order chi connectivity index (χ1) is 11.1. The Morgan fingerprint density at radius 2 is 1.71 bits per heavy atom. The SMILES string of the molecule is CC1(C)OB(c2ccc(S(=O)(=O)NC3CC[SH+]C3)cc2)OC1(C)C. The Morgan fingerprint density at radius 3 is 2.21 bits per heavy atom. The molecule has 1 atom stereocenters. The Morgan fingerprint density at radius 1 is 1.12 bits per heavy atom. The molecular weight excluding hydrogens is 345 g/mol. The first-order valence-electron chi connectivity index (χ1n) is 8.22. The Kier molecular flexibility index (Phi) is 4.81. The van der Waals surface area contributed by atoms with Crippen LogP contribution in [0.2, 0.25) is 0 Å². The molecule has 5 nitrogen and oxygen atoms in total. The molecule has 0 bridgehead atoms. The molecule has 2 aliphatic heterocycles. The van der Waals surface area contributed by atoms with Crippen molar-refractivity contribution in [2.45, 2.75) is 56.3 Å². The molecule has 2 heterocycles. The zero-order valence-electron chi connectivity index (χ0n) is 14.6. The highest BCUT2D eigenvalue weighted by molar-refractivity contribution is 7.89. The third-order valence-electron chi connectivity index (χ3n) is 5.02. The van der Waals surface area contributed by atoms with E-state index in [1.165, 1.54) is 11.8 Å². The molecule has 0 amide bonds. The van der Waals surface area contributed by atoms with E-state index in [2.05, 4.69) is 4.72 Å². The Bertz CT molecular complexity index is 681. The van der Waals surface area contributed by atoms with E-state index in [0.29, 0.717) is 0 Å². The Balaban J connectivity index is 1.74. The normalized spacial score (nSPS) is 26.0. The molecule has 8 heteroatoms. The molecule has 24 heavy (non-hydrogen) atoms. The van der Waals surface area contributed by atoms with E-state index in [4.69, 9.17) is 9.31 Å². The number of sulfonamides is 1. The second kappa shape index (κ2) is 6.32. The van der Waals surface area contributed by atoms with Crippen LogP contribution in [0.1, 0.15) is 34.1 Å². The average molecular weight is 370 g/mol. The van der Waals surface area contributed by atoms with Gasteiger partial charge in [0.25, 0.3) is 0 Å². The maximum absolute atomic E-state index is 12.5. The summed E-state index contributed by atoms with van der Waals surface area (Å²) in [4.78, 5) is 0.284. The van der Waals surface area contributed by atoms with Crippen molar-refractivity contribution in [1.29, 1.82) is 0 Å². The van der Waals surface area contributed by atoms with Gasteiger partial charge in [-0.15, -0.1) is 0 Å². The Labute approximate surface area is 149 Å². The quantitative estimate of drug-likeness (QED) is 0.485. The largest absolute Gasteiger partial charge is 0.494 e. The molecule has 2 aliphatic rings. The van der Waals surface area contributed by atoms with Gasteiger partial charge in [-0.3, -0.25) is 0 Å². The third-order valence-corrected chi connectivity index (χ3v) is 7.83. The van der Waals surface area contributed by atoms with Crippen molar-refractivity contribution in [3.63, 3.8) is 0 Å². The molecular formula is C16H25BNO4S2+. The van der Waals surface area contributed by atoms with E-state index >= 15 is 0 Å². The van der Waals surface area contributed by atoms with Gasteiger partial charge in [0.05, 0.1) is 22.1 Å². The predicted octanol–water partition coefficient (Wildman–Crippen LogP) is 0.851. The monoisotopic (exact) mass is 370 g/mol. The second-order valence-corrected chi connectivity index (χ2v) is 10.4. The highest BCUT2D eigenvalue weighted by Crippen LogP contribution is 2.36. The molecule has 1 aromatic carbocycles. The molecule has 0 saturated carbocycles. The molecule has 0 aliphatic carbocycles. The van der Waals surface area contributed by atoms with Crippen molar-refractivity contribution in [3.05, 3.63) is 24.3 Å². The summed E-state index contributed by atoms with van der Waals surface area (Å²) in [5, 5.41) is 0. The van der Waals surface area contributed by atoms with Crippen LogP contribution in [0, 0.1) is 0 Å². The van der Waals surface area contributed by atoms with Crippen LogP contribution in [-0.4, -0.2) is 44.3 Å². The second-order valence-electron chi connectivity index (χ2n) is 7.39. The zero-order chi connectivity index (χ0) is 17.6. The minimum absolute atomic E-state index is 0.0550. The molecule has 1 N–H and O–H groups in total. The van der Waals surface area contributed by atoms with E-state index in [9.17, 15) is 8.42 Å². The van der Waals surface area contributed by atoms with Gasteiger partial charge >= 0.3 is 7.12 Å². The fourth-order valence-electron chi connectivity index (χ4n) is 2.75. The maximum Gasteiger partial charge on any atom is 0.494 e. The summed E-state index contributed by atoms with van der Waals surface area (Å²) in [7, 11) is -3.94. The molecule has 3 rings (SSSR count). The van der Waals surface area contributed by atoms with Gasteiger partial charge in [0.1, 0.15) is 11.5 Å². The molecule has 1 aromatic rings. The van der Waals surface area contributed by atoms with Crippen molar-refractivity contribution >= 4 is 34.4 Å². The zero-order valence-corrected chi connectivity index (χ0v) is 16.3. The summed E-state index contributed by atoms with van der Waals surface area (Å²) < 4.78 is 39.7. The fourth-order valence-corrected chi connectivity index (χ4v) is 5.41. The van der Waals surface area contributed by atoms with Crippen molar-refractivity contribution in [3.8, 4) is 0 Å². The maximum atomic E-state index is 12.5. The first-order valence-corrected chi connectivity index (χ1v) is 11.0. The van der Waals surface area contributed by atoms with E-state index in [-0.39, 0.29) is 10.9 Å². The topological polar surface area (TPSA) is 64.6 Å². The molecule has 0 aromatic heterocycles. The van der Waals surface area contributed by atoms with Crippen molar-refractivity contribution < 1.29 is 17.7 Å². The van der Waals surface area contributed by atoms with Gasteiger partial charge in [0.2, 0.25) is 10.0 Å². The third kappa shape index (κ3) is 3.53. The number of hydrogen-bond donors (Lipinski definition) is 1. The molecule has 0 radical (unpaired) electrons. The van der Waals surface area contributed by atoms with E-state index < -0.39 is 28.3 Å². The van der Waals surface area contributed by atoms with Gasteiger partial charge < -0.3 is 9.31 Å². The van der Waals surface area contributed by atoms with Crippen LogP contribution < -0.4 is 10.2 Å². The summed E-state index contributed by atoms with van der Waals surface area (Å²) in [5.74, 6) is 1.96. The lowest BCUT2D eigenvalue weighted by Crippen LogP contribution is -2.41. The number of hydrogen-bond acceptors (Lipinski definition) is 4. The van der Waals surface area contributed by atoms with Crippen LogP contribution in [0.5, 0.6) is 0 Å². The molecule has 2 saturated heterocycles. The minimum Gasteiger partial charge on any atom is -0.399 e. The van der Waals surface area contributed by atoms with Gasteiger partial charge in [0.15, 0.2) is 0 Å². The van der Waals surface area contributed by atoms with Gasteiger partial charge in [-0.05, 0) is 57.1 Å². The summed E-state index contributed by atoms with van der Waals surface area (Å²) in [6.45, 7) is 7.99. The average Bonchev–Trinajstić information content (AvgIpc) is 3.05. The van der Waals surface area contributed by atoms with Gasteiger partial charge in [-0.1, -0.05) is 12.1 Å². The van der Waals surface area contributed by atoms with E-state index in [0.717, 1.165) is 23.4 Å². The van der Waals surface area contributed by atoms with Crippen LogP contribution in [0.3, 0.4) is 0 Å². The summed E-state index contributed by atoms with van der Waals surface area (Å²) in [6, 6.07) is 6.83. The number of benzene rings is 1. The van der Waals surface area contributed by atoms with E-state index in [1.54, 1.807) is 24.3 Å². The Hall–Kier alpha value is -0.535. The van der Waals surface area contributed by atoms with Gasteiger partial charge in [-0.25, -0.2) is 13.1 Å². The lowest BCUT2D eigenvalue weighted by Gasteiger charge is -2.32. The molecule has 0 spiro atoms. The number of nitrogens with one attached hydrogen (secondary N) is 1. The predicted molar refractivity (Wildman–Crippen MR) is 99.4 cm³/mol. The first kappa shape index (κ1) is 18.3. The van der Waals surface area contributed by atoms with Crippen LogP contribution in [0.4, 0.5) is 0 Å². The lowest BCUT2D eigenvalue weighted by molar-refractivity contribution is 0.00578. The van der Waals surface area contributed by atoms with Crippen LogP contribution in [0.15, 0.2) is 29.2 Å². The van der Waals surface area contributed by atoms with Crippen molar-refractivity contribution in [1.82, 2.24) is 4.72 Å². The van der Waals surface area contributed by atoms with Crippen LogP contribution in [-0.2, 0) is 31.1 Å². The van der Waals surface area contributed by atoms with Gasteiger partial charge in [-0.2, -0.15) is 0 Å². The van der Waals surface area contributed by atoms with Crippen LogP contribution >= 0.6 is 0 Å². The smallest absolute Gasteiger partial charge is 0.399 e. The molecule has 1 unspecified atom stereocenters. The van der Waals surface area contributed by atoms with Gasteiger partial charge in [0, 0.05) is 6.42 Å². The van der Waals surface area contributed by atoms with E-state index in [1.807, 2.05) is 27.7 Å². The highest BCUT2D eigenvalue weighted by Gasteiger charge is 2.51. The van der Waals surface area contributed by atoms with Crippen molar-refractivity contribution in [2.75, 3.05) is 11.5 Å². The summed E-state index contributed by atoms with van der Waals surface area (Å²) in [6.07, 6.45) is 0.910. The molecule has 2 fully saturated rings. The number of rotatable bonds is 4.